The van der Waals surface area contributed by atoms with Crippen LogP contribution in [-0.2, 0) is 0 Å². The summed E-state index contributed by atoms with van der Waals surface area (Å²) in [6.45, 7) is 0. The van der Waals surface area contributed by atoms with E-state index in [0.717, 1.165) is 0 Å². The van der Waals surface area contributed by atoms with Gasteiger partial charge in [0.15, 0.2) is 0 Å². The number of hydrogen-bond donors (Lipinski definition) is 1. The molecule has 0 radical (unpaired) electrons. The molecule has 2 aromatic rings. The molecule has 0 aliphatic heterocycles. The summed E-state index contributed by atoms with van der Waals surface area (Å²) < 4.78 is 11.0. The summed E-state index contributed by atoms with van der Waals surface area (Å²) in [6, 6.07) is 5.28. The lowest BCUT2D eigenvalue weighted by atomic mass is 10.0. The molecule has 0 aliphatic carbocycles. The number of hydrogen-bond acceptors (Lipinski definition) is 5. The van der Waals surface area contributed by atoms with Gasteiger partial charge < -0.3 is 14.9 Å². The van der Waals surface area contributed by atoms with E-state index < -0.39 is 11.0 Å². The molecule has 106 valence electrons. The van der Waals surface area contributed by atoms with Gasteiger partial charge in [0, 0.05) is 10.6 Å². The molecule has 0 fully saturated rings. The van der Waals surface area contributed by atoms with Crippen LogP contribution in [0.2, 0.25) is 5.02 Å². The summed E-state index contributed by atoms with van der Waals surface area (Å²) in [5.74, 6) is 0.389. The highest BCUT2D eigenvalue weighted by molar-refractivity contribution is 9.10. The number of methoxy groups -OCH3 is 1. The van der Waals surface area contributed by atoms with Crippen LogP contribution in [-0.4, -0.2) is 12.0 Å². The molecule has 0 spiro atoms. The quantitative estimate of drug-likeness (QED) is 0.663. The van der Waals surface area contributed by atoms with Crippen LogP contribution in [0.1, 0.15) is 17.4 Å². The fourth-order valence-electron chi connectivity index (χ4n) is 1.79. The molecule has 0 aliphatic rings. The van der Waals surface area contributed by atoms with Crippen LogP contribution in [0.5, 0.6) is 5.75 Å². The highest BCUT2D eigenvalue weighted by atomic mass is 79.9. The Kier molecular flexibility index (Phi) is 4.32. The van der Waals surface area contributed by atoms with E-state index in [1.807, 2.05) is 0 Å². The van der Waals surface area contributed by atoms with Gasteiger partial charge >= 0.3 is 5.88 Å². The van der Waals surface area contributed by atoms with Crippen molar-refractivity contribution >= 4 is 33.4 Å². The Hall–Kier alpha value is -1.57. The summed E-state index contributed by atoms with van der Waals surface area (Å²) in [4.78, 5) is 10.00. The number of rotatable bonds is 4. The van der Waals surface area contributed by atoms with E-state index in [4.69, 9.17) is 26.5 Å². The Labute approximate surface area is 127 Å². The van der Waals surface area contributed by atoms with Crippen LogP contribution < -0.4 is 10.5 Å². The van der Waals surface area contributed by atoms with E-state index in [2.05, 4.69) is 15.9 Å². The SMILES string of the molecule is COc1c(Br)cc(Cl)cc1C(N)c1ccc([N+](=O)[O-])o1. The second-order valence-electron chi connectivity index (χ2n) is 3.92. The van der Waals surface area contributed by atoms with Crippen LogP contribution in [0, 0.1) is 10.1 Å². The van der Waals surface area contributed by atoms with Gasteiger partial charge in [0.25, 0.3) is 0 Å². The third kappa shape index (κ3) is 2.79. The highest BCUT2D eigenvalue weighted by Crippen LogP contribution is 2.38. The van der Waals surface area contributed by atoms with Crippen LogP contribution in [0.25, 0.3) is 0 Å². The van der Waals surface area contributed by atoms with Crippen LogP contribution in [0.4, 0.5) is 5.88 Å². The Morgan fingerprint density at radius 1 is 1.50 bits per heavy atom. The molecule has 1 aromatic carbocycles. The van der Waals surface area contributed by atoms with Gasteiger partial charge in [-0.15, -0.1) is 0 Å². The van der Waals surface area contributed by atoms with E-state index in [0.29, 0.717) is 20.8 Å². The average molecular weight is 362 g/mol. The molecule has 6 nitrogen and oxygen atoms in total. The molecule has 0 amide bonds. The fraction of sp³-hybridized carbons (Fsp3) is 0.167. The number of halogens is 2. The van der Waals surface area contributed by atoms with Crippen LogP contribution >= 0.6 is 27.5 Å². The van der Waals surface area contributed by atoms with Crippen molar-refractivity contribution in [3.8, 4) is 5.75 Å². The minimum absolute atomic E-state index is 0.254. The highest BCUT2D eigenvalue weighted by Gasteiger charge is 2.22. The number of benzene rings is 1. The first kappa shape index (κ1) is 14.8. The molecule has 1 atom stereocenters. The molecule has 0 saturated carbocycles. The first-order chi connectivity index (χ1) is 9.43. The minimum Gasteiger partial charge on any atom is -0.495 e. The predicted molar refractivity (Wildman–Crippen MR) is 77.1 cm³/mol. The Bertz CT molecular complexity index is 659. The average Bonchev–Trinajstić information content (AvgIpc) is 2.86. The lowest BCUT2D eigenvalue weighted by Gasteiger charge is -2.15. The van der Waals surface area contributed by atoms with Crippen molar-refractivity contribution in [1.82, 2.24) is 0 Å². The maximum absolute atomic E-state index is 10.6. The third-order valence-corrected chi connectivity index (χ3v) is 3.48. The van der Waals surface area contributed by atoms with Crippen molar-refractivity contribution in [2.75, 3.05) is 7.11 Å². The van der Waals surface area contributed by atoms with Crippen molar-refractivity contribution in [3.05, 3.63) is 55.2 Å². The molecular formula is C12H10BrClN2O4. The largest absolute Gasteiger partial charge is 0.495 e. The molecule has 8 heteroatoms. The smallest absolute Gasteiger partial charge is 0.433 e. The molecule has 20 heavy (non-hydrogen) atoms. The number of nitrogens with zero attached hydrogens (tertiary/aromatic N) is 1. The zero-order valence-electron chi connectivity index (χ0n) is 10.3. The summed E-state index contributed by atoms with van der Waals surface area (Å²) in [5.41, 5.74) is 6.63. The van der Waals surface area contributed by atoms with Crippen molar-refractivity contribution < 1.29 is 14.1 Å². The number of ether oxygens (including phenoxy) is 1. The number of furan rings is 1. The van der Waals surface area contributed by atoms with Gasteiger partial charge in [0.05, 0.1) is 23.7 Å². The standard InChI is InChI=1S/C12H10BrClN2O4/c1-19-12-7(4-6(14)5-8(12)13)11(15)9-2-3-10(20-9)16(17)18/h2-5,11H,15H2,1H3. The molecule has 1 heterocycles. The topological polar surface area (TPSA) is 91.5 Å². The minimum atomic E-state index is -0.728. The lowest BCUT2D eigenvalue weighted by Crippen LogP contribution is -2.12. The summed E-state index contributed by atoms with van der Waals surface area (Å²) in [6.07, 6.45) is 0. The van der Waals surface area contributed by atoms with E-state index in [1.165, 1.54) is 19.2 Å². The van der Waals surface area contributed by atoms with E-state index in [1.54, 1.807) is 12.1 Å². The molecule has 1 aromatic heterocycles. The lowest BCUT2D eigenvalue weighted by molar-refractivity contribution is -0.402. The van der Waals surface area contributed by atoms with Crippen molar-refractivity contribution in [1.29, 1.82) is 0 Å². The number of nitro groups is 1. The predicted octanol–water partition coefficient (Wildman–Crippen LogP) is 3.66. The van der Waals surface area contributed by atoms with Crippen LogP contribution in [0.3, 0.4) is 0 Å². The molecular weight excluding hydrogens is 351 g/mol. The van der Waals surface area contributed by atoms with E-state index in [9.17, 15) is 10.1 Å². The summed E-state index contributed by atoms with van der Waals surface area (Å²) >= 11 is 9.31. The second kappa shape index (κ2) is 5.82. The second-order valence-corrected chi connectivity index (χ2v) is 5.21. The fourth-order valence-corrected chi connectivity index (χ4v) is 2.78. The van der Waals surface area contributed by atoms with Crippen molar-refractivity contribution in [2.24, 2.45) is 5.73 Å². The molecule has 0 saturated heterocycles. The monoisotopic (exact) mass is 360 g/mol. The zero-order valence-corrected chi connectivity index (χ0v) is 12.6. The molecule has 1 unspecified atom stereocenters. The molecule has 2 rings (SSSR count). The summed E-state index contributed by atoms with van der Waals surface area (Å²) in [7, 11) is 1.49. The van der Waals surface area contributed by atoms with Gasteiger partial charge in [-0.2, -0.15) is 0 Å². The van der Waals surface area contributed by atoms with Gasteiger partial charge in [0.1, 0.15) is 16.4 Å². The third-order valence-electron chi connectivity index (χ3n) is 2.68. The maximum atomic E-state index is 10.6. The zero-order chi connectivity index (χ0) is 14.9. The first-order valence-corrected chi connectivity index (χ1v) is 6.63. The van der Waals surface area contributed by atoms with Crippen LogP contribution in [0.15, 0.2) is 33.2 Å². The normalized spacial score (nSPS) is 12.2. The van der Waals surface area contributed by atoms with E-state index in [-0.39, 0.29) is 11.6 Å². The Morgan fingerprint density at radius 2 is 2.20 bits per heavy atom. The van der Waals surface area contributed by atoms with Gasteiger partial charge in [0.2, 0.25) is 0 Å². The van der Waals surface area contributed by atoms with Gasteiger partial charge in [-0.1, -0.05) is 11.6 Å². The summed E-state index contributed by atoms with van der Waals surface area (Å²) in [5, 5.41) is 11.1. The first-order valence-electron chi connectivity index (χ1n) is 5.46. The van der Waals surface area contributed by atoms with Crippen molar-refractivity contribution in [2.45, 2.75) is 6.04 Å². The van der Waals surface area contributed by atoms with Gasteiger partial charge in [-0.3, -0.25) is 10.1 Å². The Balaban J connectivity index is 2.46. The van der Waals surface area contributed by atoms with Gasteiger partial charge in [-0.25, -0.2) is 0 Å². The Morgan fingerprint density at radius 3 is 2.75 bits per heavy atom. The van der Waals surface area contributed by atoms with E-state index >= 15 is 0 Å². The van der Waals surface area contributed by atoms with Crippen molar-refractivity contribution in [3.63, 3.8) is 0 Å². The maximum Gasteiger partial charge on any atom is 0.433 e. The number of nitrogens with two attached hydrogens (primary N) is 1. The van der Waals surface area contributed by atoms with Gasteiger partial charge in [-0.05, 0) is 34.1 Å². The molecule has 0 bridgehead atoms. The molecule has 2 N–H and O–H groups in total.